The van der Waals surface area contributed by atoms with Crippen molar-refractivity contribution in [3.8, 4) is 5.75 Å². The maximum absolute atomic E-state index is 11.2. The highest BCUT2D eigenvalue weighted by Crippen LogP contribution is 2.33. The first kappa shape index (κ1) is 9.76. The van der Waals surface area contributed by atoms with E-state index in [2.05, 4.69) is 0 Å². The van der Waals surface area contributed by atoms with E-state index in [0.29, 0.717) is 10.6 Å². The van der Waals surface area contributed by atoms with Crippen LogP contribution >= 0.6 is 11.6 Å². The van der Waals surface area contributed by atoms with Crippen LogP contribution in [0.5, 0.6) is 5.75 Å². The van der Waals surface area contributed by atoms with Gasteiger partial charge >= 0.3 is 10.1 Å². The predicted molar refractivity (Wildman–Crippen MR) is 52.8 cm³/mol. The summed E-state index contributed by atoms with van der Waals surface area (Å²) in [5.41, 5.74) is 6.30. The zero-order valence-corrected chi connectivity index (χ0v) is 8.68. The summed E-state index contributed by atoms with van der Waals surface area (Å²) in [7, 11) is -3.53. The topological polar surface area (TPSA) is 69.4 Å². The number of benzene rings is 1. The molecule has 0 saturated carbocycles. The van der Waals surface area contributed by atoms with E-state index in [1.54, 1.807) is 12.1 Å². The van der Waals surface area contributed by atoms with Crippen LogP contribution in [0.3, 0.4) is 0 Å². The zero-order chi connectivity index (χ0) is 10.3. The van der Waals surface area contributed by atoms with Gasteiger partial charge in [0.2, 0.25) is 0 Å². The second-order valence-corrected chi connectivity index (χ2v) is 5.15. The Hall–Kier alpha value is -0.780. The molecule has 0 amide bonds. The molecule has 1 aromatic carbocycles. The fourth-order valence-corrected chi connectivity index (χ4v) is 2.66. The Labute approximate surface area is 86.7 Å². The molecule has 76 valence electrons. The standard InChI is InChI=1S/C8H8ClNO3S/c9-5-1-2-8-6(3-5)7(10)4-14(11,12)13-8/h1-3,7H,4,10H2. The minimum atomic E-state index is -3.53. The Balaban J connectivity index is 2.56. The van der Waals surface area contributed by atoms with Crippen molar-refractivity contribution in [2.24, 2.45) is 5.73 Å². The Kier molecular flexibility index (Phi) is 2.17. The molecule has 0 radical (unpaired) electrons. The second kappa shape index (κ2) is 3.12. The average Bonchev–Trinajstić information content (AvgIpc) is 2.05. The predicted octanol–water partition coefficient (Wildman–Crippen LogP) is 1.06. The van der Waals surface area contributed by atoms with Gasteiger partial charge in [0, 0.05) is 10.6 Å². The lowest BCUT2D eigenvalue weighted by Gasteiger charge is -2.22. The van der Waals surface area contributed by atoms with Crippen molar-refractivity contribution in [2.45, 2.75) is 6.04 Å². The van der Waals surface area contributed by atoms with Gasteiger partial charge in [0.15, 0.2) is 0 Å². The highest BCUT2D eigenvalue weighted by atomic mass is 35.5. The summed E-state index contributed by atoms with van der Waals surface area (Å²) in [5, 5.41) is 0.516. The average molecular weight is 234 g/mol. The largest absolute Gasteiger partial charge is 0.382 e. The number of fused-ring (bicyclic) bond motifs is 1. The molecule has 4 nitrogen and oxygen atoms in total. The third-order valence-corrected chi connectivity index (χ3v) is 3.41. The van der Waals surface area contributed by atoms with Crippen LogP contribution < -0.4 is 9.92 Å². The van der Waals surface area contributed by atoms with Gasteiger partial charge < -0.3 is 9.92 Å². The molecule has 0 aliphatic carbocycles. The first-order valence-corrected chi connectivity index (χ1v) is 5.91. The second-order valence-electron chi connectivity index (χ2n) is 3.10. The lowest BCUT2D eigenvalue weighted by atomic mass is 10.1. The maximum Gasteiger partial charge on any atom is 0.311 e. The number of hydrogen-bond acceptors (Lipinski definition) is 4. The molecule has 1 atom stereocenters. The SMILES string of the molecule is NC1CS(=O)(=O)Oc2ccc(Cl)cc21. The molecule has 0 fully saturated rings. The van der Waals surface area contributed by atoms with E-state index in [4.69, 9.17) is 21.5 Å². The molecule has 1 unspecified atom stereocenters. The molecule has 2 rings (SSSR count). The van der Waals surface area contributed by atoms with Gasteiger partial charge in [-0.05, 0) is 18.2 Å². The van der Waals surface area contributed by atoms with Crippen molar-refractivity contribution in [2.75, 3.05) is 5.75 Å². The normalized spacial score (nSPS) is 23.7. The molecule has 0 bridgehead atoms. The van der Waals surface area contributed by atoms with Crippen LogP contribution in [-0.2, 0) is 10.1 Å². The molecule has 0 saturated heterocycles. The number of nitrogens with two attached hydrogens (primary N) is 1. The Morgan fingerprint density at radius 3 is 2.93 bits per heavy atom. The van der Waals surface area contributed by atoms with Crippen LogP contribution in [0.15, 0.2) is 18.2 Å². The monoisotopic (exact) mass is 233 g/mol. The van der Waals surface area contributed by atoms with Gasteiger partial charge in [-0.3, -0.25) is 0 Å². The fraction of sp³-hybridized carbons (Fsp3) is 0.250. The third-order valence-electron chi connectivity index (χ3n) is 1.97. The lowest BCUT2D eigenvalue weighted by Crippen LogP contribution is -2.30. The number of hydrogen-bond donors (Lipinski definition) is 1. The number of halogens is 1. The summed E-state index contributed by atoms with van der Waals surface area (Å²) >= 11 is 5.75. The van der Waals surface area contributed by atoms with Crippen molar-refractivity contribution >= 4 is 21.7 Å². The molecule has 1 heterocycles. The molecule has 1 aromatic rings. The van der Waals surface area contributed by atoms with E-state index in [1.165, 1.54) is 6.07 Å². The van der Waals surface area contributed by atoms with Crippen molar-refractivity contribution in [1.29, 1.82) is 0 Å². The summed E-state index contributed by atoms with van der Waals surface area (Å²) in [5.74, 6) is 0.0634. The molecule has 6 heteroatoms. The smallest absolute Gasteiger partial charge is 0.311 e. The van der Waals surface area contributed by atoms with Crippen molar-refractivity contribution < 1.29 is 12.6 Å². The van der Waals surface area contributed by atoms with Gasteiger partial charge in [0.05, 0.1) is 6.04 Å². The van der Waals surface area contributed by atoms with E-state index in [9.17, 15) is 8.42 Å². The first-order valence-electron chi connectivity index (χ1n) is 3.95. The van der Waals surface area contributed by atoms with Crippen LogP contribution in [0.4, 0.5) is 0 Å². The van der Waals surface area contributed by atoms with Crippen molar-refractivity contribution in [3.63, 3.8) is 0 Å². The van der Waals surface area contributed by atoms with Crippen molar-refractivity contribution in [1.82, 2.24) is 0 Å². The summed E-state index contributed by atoms with van der Waals surface area (Å²) < 4.78 is 27.1. The summed E-state index contributed by atoms with van der Waals surface area (Å²) in [6, 6.07) is 4.13. The first-order chi connectivity index (χ1) is 6.48. The van der Waals surface area contributed by atoms with Crippen LogP contribution in [0.1, 0.15) is 11.6 Å². The van der Waals surface area contributed by atoms with Gasteiger partial charge in [-0.25, -0.2) is 0 Å². The number of rotatable bonds is 0. The van der Waals surface area contributed by atoms with Gasteiger partial charge in [-0.15, -0.1) is 0 Å². The quantitative estimate of drug-likeness (QED) is 0.681. The summed E-state index contributed by atoms with van der Waals surface area (Å²) in [6.07, 6.45) is 0. The lowest BCUT2D eigenvalue weighted by molar-refractivity contribution is 0.461. The third kappa shape index (κ3) is 1.70. The van der Waals surface area contributed by atoms with Gasteiger partial charge in [-0.2, -0.15) is 8.42 Å². The highest BCUT2D eigenvalue weighted by molar-refractivity contribution is 7.87. The van der Waals surface area contributed by atoms with Crippen LogP contribution in [0.25, 0.3) is 0 Å². The Morgan fingerprint density at radius 2 is 2.21 bits per heavy atom. The highest BCUT2D eigenvalue weighted by Gasteiger charge is 2.28. The maximum atomic E-state index is 11.2. The van der Waals surface area contributed by atoms with E-state index < -0.39 is 16.2 Å². The Morgan fingerprint density at radius 1 is 1.50 bits per heavy atom. The molecule has 0 spiro atoms. The fourth-order valence-electron chi connectivity index (χ4n) is 1.37. The summed E-state index contributed by atoms with van der Waals surface area (Å²) in [4.78, 5) is 0. The minimum absolute atomic E-state index is 0.208. The van der Waals surface area contributed by atoms with E-state index in [-0.39, 0.29) is 11.5 Å². The molecule has 14 heavy (non-hydrogen) atoms. The van der Waals surface area contributed by atoms with Gasteiger partial charge in [0.25, 0.3) is 0 Å². The molecule has 0 aromatic heterocycles. The van der Waals surface area contributed by atoms with Gasteiger partial charge in [0.1, 0.15) is 11.5 Å². The Bertz CT molecular complexity index is 471. The molecular weight excluding hydrogens is 226 g/mol. The van der Waals surface area contributed by atoms with E-state index in [0.717, 1.165) is 0 Å². The zero-order valence-electron chi connectivity index (χ0n) is 7.10. The molecule has 1 aliphatic rings. The van der Waals surface area contributed by atoms with Gasteiger partial charge in [-0.1, -0.05) is 11.6 Å². The summed E-state index contributed by atoms with van der Waals surface area (Å²) in [6.45, 7) is 0. The molecular formula is C8H8ClNO3S. The minimum Gasteiger partial charge on any atom is -0.382 e. The van der Waals surface area contributed by atoms with Crippen molar-refractivity contribution in [3.05, 3.63) is 28.8 Å². The molecule has 2 N–H and O–H groups in total. The van der Waals surface area contributed by atoms with Crippen LogP contribution in [0.2, 0.25) is 5.02 Å². The van der Waals surface area contributed by atoms with Crippen LogP contribution in [0, 0.1) is 0 Å². The molecule has 1 aliphatic heterocycles. The van der Waals surface area contributed by atoms with E-state index >= 15 is 0 Å². The van der Waals surface area contributed by atoms with Crippen LogP contribution in [-0.4, -0.2) is 14.2 Å². The van der Waals surface area contributed by atoms with E-state index in [1.807, 2.05) is 0 Å².